The highest BCUT2D eigenvalue weighted by atomic mass is 16.7. The minimum atomic E-state index is -1.38. The van der Waals surface area contributed by atoms with Crippen molar-refractivity contribution >= 4 is 22.7 Å². The van der Waals surface area contributed by atoms with Crippen molar-refractivity contribution in [2.24, 2.45) is 0 Å². The van der Waals surface area contributed by atoms with Gasteiger partial charge in [0.15, 0.2) is 11.4 Å². The van der Waals surface area contributed by atoms with Crippen molar-refractivity contribution in [3.8, 4) is 11.5 Å². The molecule has 0 saturated carbocycles. The second kappa shape index (κ2) is 5.12. The van der Waals surface area contributed by atoms with Crippen LogP contribution in [0.3, 0.4) is 0 Å². The molecule has 2 atom stereocenters. The Morgan fingerprint density at radius 3 is 2.85 bits per heavy atom. The lowest BCUT2D eigenvalue weighted by molar-refractivity contribution is -0.174. The Balaban J connectivity index is 1.92. The number of Topliss-reactive ketones (excluding diaryl/α,β-unsaturated/α-hetero) is 1. The average Bonchev–Trinajstić information content (AvgIpc) is 3.25. The first-order chi connectivity index (χ1) is 13.0. The lowest BCUT2D eigenvalue weighted by atomic mass is 9.91. The second-order valence-electron chi connectivity index (χ2n) is 6.60. The van der Waals surface area contributed by atoms with Crippen molar-refractivity contribution in [1.82, 2.24) is 0 Å². The molecule has 3 aliphatic rings. The summed E-state index contributed by atoms with van der Waals surface area (Å²) in [7, 11) is 1.48. The van der Waals surface area contributed by atoms with Crippen molar-refractivity contribution in [3.05, 3.63) is 45.5 Å². The van der Waals surface area contributed by atoms with E-state index in [2.05, 4.69) is 0 Å². The van der Waals surface area contributed by atoms with Crippen LogP contribution in [0.25, 0.3) is 11.0 Å². The fraction of sp³-hybridized carbons (Fsp3) is 0.316. The Morgan fingerprint density at radius 1 is 1.30 bits per heavy atom. The number of methoxy groups -OCH3 is 1. The van der Waals surface area contributed by atoms with E-state index in [1.165, 1.54) is 20.3 Å². The van der Waals surface area contributed by atoms with Gasteiger partial charge in [-0.3, -0.25) is 9.59 Å². The van der Waals surface area contributed by atoms with E-state index in [-0.39, 0.29) is 23.4 Å². The molecule has 3 heterocycles. The molecule has 0 spiro atoms. The van der Waals surface area contributed by atoms with E-state index < -0.39 is 23.5 Å². The number of carbonyl (C=O) groups excluding carboxylic acids is 2. The summed E-state index contributed by atoms with van der Waals surface area (Å²) in [4.78, 5) is 36.4. The van der Waals surface area contributed by atoms with Gasteiger partial charge in [0.2, 0.25) is 5.60 Å². The van der Waals surface area contributed by atoms with Gasteiger partial charge in [0, 0.05) is 25.5 Å². The van der Waals surface area contributed by atoms with Gasteiger partial charge in [-0.2, -0.15) is 0 Å². The molecule has 0 N–H and O–H groups in total. The molecule has 8 heteroatoms. The minimum absolute atomic E-state index is 0.0518. The minimum Gasteiger partial charge on any atom is -0.496 e. The molecule has 5 rings (SSSR count). The zero-order valence-electron chi connectivity index (χ0n) is 14.5. The molecule has 8 nitrogen and oxygen atoms in total. The maximum absolute atomic E-state index is 12.5. The van der Waals surface area contributed by atoms with Crippen LogP contribution in [0.5, 0.6) is 11.5 Å². The number of carbonyl (C=O) groups is 2. The number of ketones is 1. The molecule has 1 aliphatic carbocycles. The standard InChI is InChI=1S/C19H14O8/c1-8(20)27-19-5-6-24-18(19)25-12-7-11(23-2)14-9-3-4-10(21)13(9)17(22)26-16(14)15(12)19/h5-7,18H,3-4H2,1-2H3. The number of hydrogen-bond acceptors (Lipinski definition) is 8. The van der Waals surface area contributed by atoms with Crippen LogP contribution in [0.2, 0.25) is 0 Å². The van der Waals surface area contributed by atoms with Gasteiger partial charge >= 0.3 is 11.6 Å². The summed E-state index contributed by atoms with van der Waals surface area (Å²) in [5, 5.41) is 0.507. The van der Waals surface area contributed by atoms with E-state index >= 15 is 0 Å². The third kappa shape index (κ3) is 1.89. The first-order valence-electron chi connectivity index (χ1n) is 8.40. The Bertz CT molecular complexity index is 1120. The van der Waals surface area contributed by atoms with Crippen molar-refractivity contribution in [1.29, 1.82) is 0 Å². The number of esters is 1. The van der Waals surface area contributed by atoms with Gasteiger partial charge in [0.1, 0.15) is 17.1 Å². The molecular weight excluding hydrogens is 356 g/mol. The fourth-order valence-electron chi connectivity index (χ4n) is 4.11. The molecule has 2 aromatic rings. The molecule has 0 radical (unpaired) electrons. The van der Waals surface area contributed by atoms with Gasteiger partial charge in [-0.05, 0) is 12.0 Å². The van der Waals surface area contributed by atoms with Crippen LogP contribution >= 0.6 is 0 Å². The molecule has 0 amide bonds. The Kier molecular flexibility index (Phi) is 3.02. The highest BCUT2D eigenvalue weighted by molar-refractivity contribution is 6.06. The number of rotatable bonds is 2. The van der Waals surface area contributed by atoms with Gasteiger partial charge in [0.25, 0.3) is 6.29 Å². The normalized spacial score (nSPS) is 24.2. The van der Waals surface area contributed by atoms with E-state index in [0.29, 0.717) is 34.4 Å². The molecule has 0 bridgehead atoms. The van der Waals surface area contributed by atoms with Crippen LogP contribution in [-0.4, -0.2) is 25.2 Å². The highest BCUT2D eigenvalue weighted by Gasteiger charge is 2.57. The molecule has 0 saturated heterocycles. The molecule has 0 fully saturated rings. The second-order valence-corrected chi connectivity index (χ2v) is 6.60. The monoisotopic (exact) mass is 370 g/mol. The lowest BCUT2D eigenvalue weighted by Crippen LogP contribution is -2.38. The molecule has 2 unspecified atom stereocenters. The summed E-state index contributed by atoms with van der Waals surface area (Å²) in [5.41, 5.74) is -0.933. The average molecular weight is 370 g/mol. The van der Waals surface area contributed by atoms with Crippen LogP contribution in [0.4, 0.5) is 0 Å². The van der Waals surface area contributed by atoms with E-state index in [1.54, 1.807) is 12.1 Å². The Labute approximate surface area is 152 Å². The first-order valence-corrected chi connectivity index (χ1v) is 8.40. The van der Waals surface area contributed by atoms with E-state index in [1.807, 2.05) is 0 Å². The maximum atomic E-state index is 12.5. The summed E-state index contributed by atoms with van der Waals surface area (Å²) in [5.74, 6) is -0.0758. The molecule has 2 aliphatic heterocycles. The molecular formula is C19H14O8. The Hall–Kier alpha value is -3.29. The quantitative estimate of drug-likeness (QED) is 0.584. The Morgan fingerprint density at radius 2 is 2.11 bits per heavy atom. The van der Waals surface area contributed by atoms with Crippen LogP contribution in [0.1, 0.15) is 34.8 Å². The van der Waals surface area contributed by atoms with Crippen molar-refractivity contribution in [3.63, 3.8) is 0 Å². The van der Waals surface area contributed by atoms with E-state index in [9.17, 15) is 14.4 Å². The summed E-state index contributed by atoms with van der Waals surface area (Å²) in [6.07, 6.45) is 2.63. The number of ether oxygens (including phenoxy) is 4. The highest BCUT2D eigenvalue weighted by Crippen LogP contribution is 2.54. The lowest BCUT2D eigenvalue weighted by Gasteiger charge is -2.25. The fourth-order valence-corrected chi connectivity index (χ4v) is 4.11. The van der Waals surface area contributed by atoms with Gasteiger partial charge < -0.3 is 23.4 Å². The van der Waals surface area contributed by atoms with Crippen molar-refractivity contribution < 1.29 is 33.0 Å². The smallest absolute Gasteiger partial charge is 0.347 e. The van der Waals surface area contributed by atoms with Crippen LogP contribution in [-0.2, 0) is 26.3 Å². The molecule has 1 aromatic carbocycles. The van der Waals surface area contributed by atoms with Gasteiger partial charge in [0.05, 0.1) is 24.3 Å². The predicted octanol–water partition coefficient (Wildman–Crippen LogP) is 1.95. The summed E-state index contributed by atoms with van der Waals surface area (Å²) in [6, 6.07) is 1.63. The van der Waals surface area contributed by atoms with Crippen LogP contribution < -0.4 is 15.1 Å². The molecule has 138 valence electrons. The first kappa shape index (κ1) is 15.9. The number of aryl methyl sites for hydroxylation is 1. The predicted molar refractivity (Wildman–Crippen MR) is 89.8 cm³/mol. The zero-order chi connectivity index (χ0) is 18.9. The van der Waals surface area contributed by atoms with Gasteiger partial charge in [-0.25, -0.2) is 4.79 Å². The third-order valence-corrected chi connectivity index (χ3v) is 5.12. The van der Waals surface area contributed by atoms with Gasteiger partial charge in [-0.15, -0.1) is 0 Å². The number of benzene rings is 1. The maximum Gasteiger partial charge on any atom is 0.347 e. The van der Waals surface area contributed by atoms with Crippen LogP contribution in [0, 0.1) is 0 Å². The summed E-state index contributed by atoms with van der Waals surface area (Å²) >= 11 is 0. The van der Waals surface area contributed by atoms with E-state index in [4.69, 9.17) is 23.4 Å². The molecule has 27 heavy (non-hydrogen) atoms. The van der Waals surface area contributed by atoms with E-state index in [0.717, 1.165) is 0 Å². The largest absolute Gasteiger partial charge is 0.496 e. The third-order valence-electron chi connectivity index (χ3n) is 5.12. The summed E-state index contributed by atoms with van der Waals surface area (Å²) < 4.78 is 27.8. The van der Waals surface area contributed by atoms with Crippen molar-refractivity contribution in [2.75, 3.05) is 7.11 Å². The topological polar surface area (TPSA) is 101 Å². The number of hydrogen-bond donors (Lipinski definition) is 0. The summed E-state index contributed by atoms with van der Waals surface area (Å²) in [6.45, 7) is 1.27. The zero-order valence-corrected chi connectivity index (χ0v) is 14.5. The van der Waals surface area contributed by atoms with Crippen LogP contribution in [0.15, 0.2) is 27.6 Å². The molecule has 1 aromatic heterocycles. The SMILES string of the molecule is COc1cc2c(c3oc(=O)c4c(c13)CCC4=O)C1(OC(C)=O)C=COC1O2. The van der Waals surface area contributed by atoms with Gasteiger partial charge in [-0.1, -0.05) is 0 Å². The number of fused-ring (bicyclic) bond motifs is 7. The van der Waals surface area contributed by atoms with Crippen molar-refractivity contribution in [2.45, 2.75) is 31.7 Å².